The Morgan fingerprint density at radius 2 is 1.61 bits per heavy atom. The molecule has 172 valence electrons. The van der Waals surface area contributed by atoms with Gasteiger partial charge in [0.15, 0.2) is 11.7 Å². The third kappa shape index (κ3) is 4.35. The molecule has 0 saturated heterocycles. The van der Waals surface area contributed by atoms with E-state index in [0.717, 1.165) is 25.7 Å². The number of nitrogens with two attached hydrogens (primary N) is 1. The van der Waals surface area contributed by atoms with Crippen LogP contribution < -0.4 is 10.5 Å². The normalized spacial score (nSPS) is 13.1. The third-order valence-electron chi connectivity index (χ3n) is 5.77. The van der Waals surface area contributed by atoms with Crippen LogP contribution in [0.4, 0.5) is 0 Å². The molecular formula is C24H26N4O4S. The molecule has 8 nitrogen and oxygen atoms in total. The van der Waals surface area contributed by atoms with Crippen LogP contribution in [0.15, 0.2) is 53.4 Å². The van der Waals surface area contributed by atoms with Gasteiger partial charge in [-0.25, -0.2) is 13.1 Å². The summed E-state index contributed by atoms with van der Waals surface area (Å²) < 4.78 is 27.8. The van der Waals surface area contributed by atoms with E-state index in [-0.39, 0.29) is 33.4 Å². The highest BCUT2D eigenvalue weighted by Gasteiger charge is 2.34. The fourth-order valence-electron chi connectivity index (χ4n) is 4.06. The van der Waals surface area contributed by atoms with Crippen molar-refractivity contribution in [2.24, 2.45) is 5.73 Å². The van der Waals surface area contributed by atoms with E-state index in [9.17, 15) is 18.3 Å². The van der Waals surface area contributed by atoms with Gasteiger partial charge in [-0.1, -0.05) is 49.2 Å². The van der Waals surface area contributed by atoms with Gasteiger partial charge in [0.2, 0.25) is 10.0 Å². The van der Waals surface area contributed by atoms with E-state index in [2.05, 4.69) is 9.71 Å². The average Bonchev–Trinajstić information content (AvgIpc) is 3.17. The molecule has 6 N–H and O–H groups in total. The molecule has 0 radical (unpaired) electrons. The molecule has 1 aromatic heterocycles. The number of ketones is 1. The zero-order valence-electron chi connectivity index (χ0n) is 18.0. The number of H-pyrrole nitrogens is 1. The molecule has 1 aliphatic carbocycles. The second-order valence-corrected chi connectivity index (χ2v) is 9.74. The van der Waals surface area contributed by atoms with Gasteiger partial charge in [0, 0.05) is 17.7 Å². The van der Waals surface area contributed by atoms with Gasteiger partial charge in [-0.2, -0.15) is 0 Å². The molecule has 1 heterocycles. The standard InChI is InChI=1S/C24H26N4O4S/c25-13-5-1-2-6-14-27-33(31,32)16-11-9-15(10-12-16)22-20-19(24(30)28-22)21(26)17-7-3-4-8-18(17)23(20)29/h3-4,7-12,26-28,30H,1-2,5-6,13-14,25H2. The monoisotopic (exact) mass is 466 g/mol. The Labute approximate surface area is 192 Å². The average molecular weight is 467 g/mol. The van der Waals surface area contributed by atoms with Crippen molar-refractivity contribution in [1.29, 1.82) is 5.41 Å². The van der Waals surface area contributed by atoms with E-state index in [1.165, 1.54) is 12.1 Å². The van der Waals surface area contributed by atoms with Crippen LogP contribution in [0.3, 0.4) is 0 Å². The van der Waals surface area contributed by atoms with Crippen LogP contribution in [0.5, 0.6) is 5.88 Å². The number of hydrogen-bond acceptors (Lipinski definition) is 6. The summed E-state index contributed by atoms with van der Waals surface area (Å²) in [4.78, 5) is 16.1. The summed E-state index contributed by atoms with van der Waals surface area (Å²) in [6, 6.07) is 12.9. The minimum Gasteiger partial charge on any atom is -0.494 e. The summed E-state index contributed by atoms with van der Waals surface area (Å²) in [7, 11) is -3.66. The van der Waals surface area contributed by atoms with Gasteiger partial charge in [-0.3, -0.25) is 10.2 Å². The Morgan fingerprint density at radius 1 is 0.939 bits per heavy atom. The van der Waals surface area contributed by atoms with E-state index in [1.54, 1.807) is 36.4 Å². The summed E-state index contributed by atoms with van der Waals surface area (Å²) in [6.45, 7) is 0.988. The molecule has 0 amide bonds. The predicted molar refractivity (Wildman–Crippen MR) is 126 cm³/mol. The Kier molecular flexibility index (Phi) is 6.46. The molecule has 0 aliphatic heterocycles. The number of carbonyl (C=O) groups excluding carboxylic acids is 1. The molecule has 2 aromatic carbocycles. The van der Waals surface area contributed by atoms with Crippen LogP contribution in [0, 0.1) is 5.41 Å². The highest BCUT2D eigenvalue weighted by atomic mass is 32.2. The lowest BCUT2D eigenvalue weighted by Gasteiger charge is -2.17. The van der Waals surface area contributed by atoms with Crippen molar-refractivity contribution in [3.63, 3.8) is 0 Å². The van der Waals surface area contributed by atoms with Gasteiger partial charge in [0.25, 0.3) is 0 Å². The van der Waals surface area contributed by atoms with Crippen molar-refractivity contribution < 1.29 is 18.3 Å². The molecule has 33 heavy (non-hydrogen) atoms. The molecule has 0 fully saturated rings. The van der Waals surface area contributed by atoms with Gasteiger partial charge in [-0.05, 0) is 37.1 Å². The number of aromatic hydroxyl groups is 1. The largest absolute Gasteiger partial charge is 0.494 e. The Balaban J connectivity index is 1.57. The maximum Gasteiger partial charge on any atom is 0.240 e. The minimum atomic E-state index is -3.66. The zero-order chi connectivity index (χ0) is 23.6. The van der Waals surface area contributed by atoms with Gasteiger partial charge < -0.3 is 15.8 Å². The van der Waals surface area contributed by atoms with E-state index in [4.69, 9.17) is 11.1 Å². The molecule has 0 atom stereocenters. The number of aromatic amines is 1. The third-order valence-corrected chi connectivity index (χ3v) is 7.25. The maximum absolute atomic E-state index is 13.2. The summed E-state index contributed by atoms with van der Waals surface area (Å²) >= 11 is 0. The van der Waals surface area contributed by atoms with E-state index >= 15 is 0 Å². The van der Waals surface area contributed by atoms with Crippen LogP contribution in [0.2, 0.25) is 0 Å². The van der Waals surface area contributed by atoms with Gasteiger partial charge in [-0.15, -0.1) is 0 Å². The Bertz CT molecular complexity index is 1310. The van der Waals surface area contributed by atoms with Gasteiger partial charge >= 0.3 is 0 Å². The van der Waals surface area contributed by atoms with Crippen molar-refractivity contribution in [2.45, 2.75) is 30.6 Å². The SMILES string of the molecule is N=C1c2ccccc2C(=O)c2c(-c3ccc(S(=O)(=O)NCCCCCCN)cc3)[nH]c(O)c21. The predicted octanol–water partition coefficient (Wildman–Crippen LogP) is 3.15. The quantitative estimate of drug-likeness (QED) is 0.240. The van der Waals surface area contributed by atoms with Crippen molar-refractivity contribution in [3.05, 3.63) is 70.8 Å². The summed E-state index contributed by atoms with van der Waals surface area (Å²) in [5, 5.41) is 18.9. The van der Waals surface area contributed by atoms with E-state index in [1.807, 2.05) is 0 Å². The fraction of sp³-hybridized carbons (Fsp3) is 0.250. The van der Waals surface area contributed by atoms with Crippen LogP contribution in [0.1, 0.15) is 52.7 Å². The first-order valence-corrected chi connectivity index (χ1v) is 12.3. The second-order valence-electron chi connectivity index (χ2n) is 7.97. The maximum atomic E-state index is 13.2. The topological polar surface area (TPSA) is 149 Å². The van der Waals surface area contributed by atoms with Crippen molar-refractivity contribution in [3.8, 4) is 17.1 Å². The Hall–Kier alpha value is -3.27. The fourth-order valence-corrected chi connectivity index (χ4v) is 5.13. The summed E-state index contributed by atoms with van der Waals surface area (Å²) in [5.74, 6) is -0.558. The molecule has 9 heteroatoms. The molecule has 0 bridgehead atoms. The first-order valence-electron chi connectivity index (χ1n) is 10.8. The highest BCUT2D eigenvalue weighted by Crippen LogP contribution is 2.39. The minimum absolute atomic E-state index is 0.0649. The lowest BCUT2D eigenvalue weighted by atomic mass is 9.84. The molecule has 0 saturated carbocycles. The van der Waals surface area contributed by atoms with Crippen molar-refractivity contribution >= 4 is 21.5 Å². The lowest BCUT2D eigenvalue weighted by Crippen LogP contribution is -2.24. The van der Waals surface area contributed by atoms with Crippen molar-refractivity contribution in [2.75, 3.05) is 13.1 Å². The molecule has 4 rings (SSSR count). The molecule has 3 aromatic rings. The van der Waals surface area contributed by atoms with Crippen LogP contribution >= 0.6 is 0 Å². The van der Waals surface area contributed by atoms with Crippen LogP contribution in [0.25, 0.3) is 11.3 Å². The number of benzene rings is 2. The number of unbranched alkanes of at least 4 members (excludes halogenated alkanes) is 3. The molecule has 0 spiro atoms. The molecule has 1 aliphatic rings. The number of sulfonamides is 1. The Morgan fingerprint density at radius 3 is 2.30 bits per heavy atom. The van der Waals surface area contributed by atoms with E-state index in [0.29, 0.717) is 35.5 Å². The first kappa shape index (κ1) is 22.9. The summed E-state index contributed by atoms with van der Waals surface area (Å²) in [6.07, 6.45) is 3.55. The molecular weight excluding hydrogens is 440 g/mol. The zero-order valence-corrected chi connectivity index (χ0v) is 18.8. The smallest absolute Gasteiger partial charge is 0.240 e. The number of aromatic nitrogens is 1. The first-order chi connectivity index (χ1) is 15.8. The van der Waals surface area contributed by atoms with Crippen LogP contribution in [-0.4, -0.2) is 43.1 Å². The number of hydrogen-bond donors (Lipinski definition) is 5. The number of fused-ring (bicyclic) bond motifs is 2. The lowest BCUT2D eigenvalue weighted by molar-refractivity contribution is 0.103. The van der Waals surface area contributed by atoms with Crippen LogP contribution in [-0.2, 0) is 10.0 Å². The number of rotatable bonds is 9. The summed E-state index contributed by atoms with van der Waals surface area (Å²) in [5.41, 5.74) is 7.63. The number of carbonyl (C=O) groups is 1. The van der Waals surface area contributed by atoms with E-state index < -0.39 is 10.0 Å². The van der Waals surface area contributed by atoms with Crippen molar-refractivity contribution in [1.82, 2.24) is 9.71 Å². The number of nitrogens with one attached hydrogen (secondary N) is 3. The highest BCUT2D eigenvalue weighted by molar-refractivity contribution is 7.89. The van der Waals surface area contributed by atoms with Gasteiger partial charge in [0.1, 0.15) is 0 Å². The second kappa shape index (κ2) is 9.30. The molecule has 0 unspecified atom stereocenters. The van der Waals surface area contributed by atoms with Gasteiger partial charge in [0.05, 0.1) is 27.4 Å².